The van der Waals surface area contributed by atoms with Gasteiger partial charge in [-0.2, -0.15) is 0 Å². The largest absolute Gasteiger partial charge is 0.353 e. The van der Waals surface area contributed by atoms with Crippen molar-refractivity contribution in [2.45, 2.75) is 52.5 Å². The molecule has 0 saturated carbocycles. The van der Waals surface area contributed by atoms with E-state index in [2.05, 4.69) is 36.3 Å². The van der Waals surface area contributed by atoms with Crippen LogP contribution in [0, 0.1) is 5.92 Å². The molecule has 0 aromatic carbocycles. The Kier molecular flexibility index (Phi) is 8.07. The molecule has 4 nitrogen and oxygen atoms in total. The number of nitrogens with one attached hydrogen (secondary N) is 2. The Morgan fingerprint density at radius 3 is 2.74 bits per heavy atom. The quantitative estimate of drug-likeness (QED) is 0.704. The molecule has 0 aromatic rings. The minimum atomic E-state index is 0.180. The van der Waals surface area contributed by atoms with Gasteiger partial charge in [0.25, 0.3) is 0 Å². The van der Waals surface area contributed by atoms with Gasteiger partial charge in [0.05, 0.1) is 5.92 Å². The van der Waals surface area contributed by atoms with Crippen molar-refractivity contribution in [3.63, 3.8) is 0 Å². The highest BCUT2D eigenvalue weighted by molar-refractivity contribution is 5.79. The van der Waals surface area contributed by atoms with Gasteiger partial charge < -0.3 is 15.5 Å². The summed E-state index contributed by atoms with van der Waals surface area (Å²) >= 11 is 0. The molecule has 2 unspecified atom stereocenters. The van der Waals surface area contributed by atoms with Gasteiger partial charge in [-0.25, -0.2) is 0 Å². The van der Waals surface area contributed by atoms with E-state index in [0.29, 0.717) is 6.04 Å². The summed E-state index contributed by atoms with van der Waals surface area (Å²) in [4.78, 5) is 14.5. The lowest BCUT2D eigenvalue weighted by atomic mass is 9.98. The number of carbonyl (C=O) groups excluding carboxylic acids is 1. The van der Waals surface area contributed by atoms with E-state index in [4.69, 9.17) is 0 Å². The molecule has 0 aromatic heterocycles. The van der Waals surface area contributed by atoms with Gasteiger partial charge in [-0.3, -0.25) is 4.79 Å². The first kappa shape index (κ1) is 16.4. The molecule has 2 atom stereocenters. The van der Waals surface area contributed by atoms with Crippen LogP contribution < -0.4 is 10.6 Å². The van der Waals surface area contributed by atoms with Crippen LogP contribution in [0.15, 0.2) is 0 Å². The zero-order valence-electron chi connectivity index (χ0n) is 12.9. The summed E-state index contributed by atoms with van der Waals surface area (Å²) in [6, 6.07) is 0.296. The van der Waals surface area contributed by atoms with E-state index in [9.17, 15) is 4.79 Å². The molecule has 1 rings (SSSR count). The Bertz CT molecular complexity index is 248. The zero-order valence-corrected chi connectivity index (χ0v) is 12.9. The van der Waals surface area contributed by atoms with E-state index >= 15 is 0 Å². The van der Waals surface area contributed by atoms with Gasteiger partial charge in [-0.1, -0.05) is 13.8 Å². The highest BCUT2D eigenvalue weighted by Crippen LogP contribution is 2.10. The molecule has 1 saturated heterocycles. The maximum atomic E-state index is 12.1. The van der Waals surface area contributed by atoms with Gasteiger partial charge in [0.15, 0.2) is 0 Å². The third kappa shape index (κ3) is 6.39. The van der Waals surface area contributed by atoms with E-state index < -0.39 is 0 Å². The van der Waals surface area contributed by atoms with Crippen LogP contribution in [0.2, 0.25) is 0 Å². The van der Waals surface area contributed by atoms with Crippen molar-refractivity contribution >= 4 is 5.91 Å². The lowest BCUT2D eigenvalue weighted by molar-refractivity contribution is -0.126. The van der Waals surface area contributed by atoms with Gasteiger partial charge in [0, 0.05) is 12.6 Å². The SMILES string of the molecule is CCN(CC)CCCC(C)NC(=O)C1CCCNC1. The Morgan fingerprint density at radius 1 is 1.42 bits per heavy atom. The second-order valence-electron chi connectivity index (χ2n) is 5.62. The summed E-state index contributed by atoms with van der Waals surface area (Å²) in [5.41, 5.74) is 0. The van der Waals surface area contributed by atoms with E-state index in [1.807, 2.05) is 0 Å². The fraction of sp³-hybridized carbons (Fsp3) is 0.933. The van der Waals surface area contributed by atoms with Gasteiger partial charge >= 0.3 is 0 Å². The van der Waals surface area contributed by atoms with Crippen molar-refractivity contribution in [2.75, 3.05) is 32.7 Å². The number of nitrogens with zero attached hydrogens (tertiary/aromatic N) is 1. The molecule has 0 radical (unpaired) electrons. The lowest BCUT2D eigenvalue weighted by Gasteiger charge is -2.24. The van der Waals surface area contributed by atoms with E-state index in [1.165, 1.54) is 0 Å². The zero-order chi connectivity index (χ0) is 14.1. The summed E-state index contributed by atoms with van der Waals surface area (Å²) in [5.74, 6) is 0.418. The van der Waals surface area contributed by atoms with Crippen molar-refractivity contribution < 1.29 is 4.79 Å². The molecule has 1 fully saturated rings. The summed E-state index contributed by atoms with van der Waals surface area (Å²) < 4.78 is 0. The van der Waals surface area contributed by atoms with Crippen molar-refractivity contribution in [2.24, 2.45) is 5.92 Å². The third-order valence-electron chi connectivity index (χ3n) is 4.06. The summed E-state index contributed by atoms with van der Waals surface area (Å²) in [6.07, 6.45) is 4.38. The molecule has 4 heteroatoms. The predicted molar refractivity (Wildman–Crippen MR) is 80.2 cm³/mol. The molecule has 1 aliphatic rings. The molecule has 2 N–H and O–H groups in total. The molecular formula is C15H31N3O. The fourth-order valence-corrected chi connectivity index (χ4v) is 2.67. The predicted octanol–water partition coefficient (Wildman–Crippen LogP) is 1.61. The van der Waals surface area contributed by atoms with Crippen molar-refractivity contribution in [3.05, 3.63) is 0 Å². The van der Waals surface area contributed by atoms with E-state index in [1.54, 1.807) is 0 Å². The van der Waals surface area contributed by atoms with Crippen LogP contribution in [-0.2, 0) is 4.79 Å². The van der Waals surface area contributed by atoms with Crippen LogP contribution in [0.5, 0.6) is 0 Å². The Morgan fingerprint density at radius 2 is 2.16 bits per heavy atom. The minimum absolute atomic E-state index is 0.180. The highest BCUT2D eigenvalue weighted by Gasteiger charge is 2.21. The molecule has 19 heavy (non-hydrogen) atoms. The van der Waals surface area contributed by atoms with E-state index in [0.717, 1.165) is 58.4 Å². The van der Waals surface area contributed by atoms with Crippen LogP contribution in [0.25, 0.3) is 0 Å². The minimum Gasteiger partial charge on any atom is -0.353 e. The Labute approximate surface area is 118 Å². The Balaban J connectivity index is 2.15. The normalized spacial score (nSPS) is 21.4. The summed E-state index contributed by atoms with van der Waals surface area (Å²) in [7, 11) is 0. The first-order chi connectivity index (χ1) is 9.17. The fourth-order valence-electron chi connectivity index (χ4n) is 2.67. The van der Waals surface area contributed by atoms with Crippen molar-refractivity contribution in [3.8, 4) is 0 Å². The molecule has 0 spiro atoms. The maximum Gasteiger partial charge on any atom is 0.224 e. The van der Waals surface area contributed by atoms with Crippen molar-refractivity contribution in [1.29, 1.82) is 0 Å². The average molecular weight is 269 g/mol. The Hall–Kier alpha value is -0.610. The van der Waals surface area contributed by atoms with Gasteiger partial charge in [0.2, 0.25) is 5.91 Å². The molecule has 0 aliphatic carbocycles. The number of amides is 1. The van der Waals surface area contributed by atoms with Gasteiger partial charge in [-0.05, 0) is 58.8 Å². The highest BCUT2D eigenvalue weighted by atomic mass is 16.1. The monoisotopic (exact) mass is 269 g/mol. The first-order valence-corrected chi connectivity index (χ1v) is 7.90. The number of hydrogen-bond donors (Lipinski definition) is 2. The second kappa shape index (κ2) is 9.32. The van der Waals surface area contributed by atoms with Crippen molar-refractivity contribution in [1.82, 2.24) is 15.5 Å². The number of hydrogen-bond acceptors (Lipinski definition) is 3. The van der Waals surface area contributed by atoms with Crippen LogP contribution in [0.1, 0.15) is 46.5 Å². The van der Waals surface area contributed by atoms with E-state index in [-0.39, 0.29) is 11.8 Å². The first-order valence-electron chi connectivity index (χ1n) is 7.90. The third-order valence-corrected chi connectivity index (χ3v) is 4.06. The number of piperidine rings is 1. The smallest absolute Gasteiger partial charge is 0.224 e. The second-order valence-corrected chi connectivity index (χ2v) is 5.62. The van der Waals surface area contributed by atoms with Gasteiger partial charge in [0.1, 0.15) is 0 Å². The van der Waals surface area contributed by atoms with Crippen LogP contribution in [-0.4, -0.2) is 49.6 Å². The van der Waals surface area contributed by atoms with Crippen LogP contribution >= 0.6 is 0 Å². The molecule has 1 amide bonds. The standard InChI is InChI=1S/C15H31N3O/c1-4-18(5-2)11-7-8-13(3)17-15(19)14-9-6-10-16-12-14/h13-14,16H,4-12H2,1-3H3,(H,17,19). The number of rotatable bonds is 8. The molecule has 112 valence electrons. The molecular weight excluding hydrogens is 238 g/mol. The summed E-state index contributed by atoms with van der Waals surface area (Å²) in [6.45, 7) is 11.8. The summed E-state index contributed by atoms with van der Waals surface area (Å²) in [5, 5.41) is 6.46. The van der Waals surface area contributed by atoms with Crippen LogP contribution in [0.4, 0.5) is 0 Å². The lowest BCUT2D eigenvalue weighted by Crippen LogP contribution is -2.43. The number of carbonyl (C=O) groups is 1. The molecule has 1 aliphatic heterocycles. The molecule has 1 heterocycles. The maximum absolute atomic E-state index is 12.1. The van der Waals surface area contributed by atoms with Crippen LogP contribution in [0.3, 0.4) is 0 Å². The topological polar surface area (TPSA) is 44.4 Å². The average Bonchev–Trinajstić information content (AvgIpc) is 2.44. The molecule has 0 bridgehead atoms. The van der Waals surface area contributed by atoms with Gasteiger partial charge in [-0.15, -0.1) is 0 Å².